The minimum absolute atomic E-state index is 0.0108. The largest absolute Gasteiger partial charge is 0.311 e. The van der Waals surface area contributed by atoms with E-state index in [0.717, 1.165) is 11.8 Å². The van der Waals surface area contributed by atoms with Gasteiger partial charge in [0.05, 0.1) is 0 Å². The zero-order valence-corrected chi connectivity index (χ0v) is 11.9. The first kappa shape index (κ1) is 13.1. The Morgan fingerprint density at radius 1 is 1.32 bits per heavy atom. The Morgan fingerprint density at radius 3 is 2.79 bits per heavy atom. The van der Waals surface area contributed by atoms with E-state index in [1.165, 1.54) is 31.7 Å². The number of aromatic nitrogens is 2. The van der Waals surface area contributed by atoms with E-state index < -0.39 is 0 Å². The van der Waals surface area contributed by atoms with Gasteiger partial charge in [-0.1, -0.05) is 18.0 Å². The molecule has 1 heterocycles. The number of carbonyl (C=O) groups is 1. The number of hydrogen-bond donors (Lipinski definition) is 1. The Kier molecular flexibility index (Phi) is 3.63. The van der Waals surface area contributed by atoms with Gasteiger partial charge in [-0.15, -0.1) is 0 Å². The quantitative estimate of drug-likeness (QED) is 0.686. The highest BCUT2D eigenvalue weighted by atomic mass is 35.5. The van der Waals surface area contributed by atoms with Gasteiger partial charge in [0, 0.05) is 12.5 Å². The maximum absolute atomic E-state index is 12.0. The molecule has 4 nitrogen and oxygen atoms in total. The van der Waals surface area contributed by atoms with Crippen LogP contribution in [0.2, 0.25) is 10.4 Å². The summed E-state index contributed by atoms with van der Waals surface area (Å²) in [7, 11) is 0. The molecule has 2 saturated carbocycles. The molecule has 2 bridgehead atoms. The summed E-state index contributed by atoms with van der Waals surface area (Å²) in [6.45, 7) is 0. The predicted octanol–water partition coefficient (Wildman–Crippen LogP) is 3.55. The van der Waals surface area contributed by atoms with E-state index in [9.17, 15) is 4.79 Å². The molecule has 6 heteroatoms. The van der Waals surface area contributed by atoms with Gasteiger partial charge in [-0.3, -0.25) is 4.79 Å². The zero-order chi connectivity index (χ0) is 13.4. The van der Waals surface area contributed by atoms with Crippen LogP contribution in [0.4, 0.5) is 5.82 Å². The van der Waals surface area contributed by atoms with Gasteiger partial charge in [0.1, 0.15) is 11.0 Å². The Morgan fingerprint density at radius 2 is 2.16 bits per heavy atom. The third kappa shape index (κ3) is 3.00. The van der Waals surface area contributed by atoms with Gasteiger partial charge in [0.25, 0.3) is 0 Å². The normalized spacial score (nSPS) is 28.6. The first-order chi connectivity index (χ1) is 9.10. The van der Waals surface area contributed by atoms with Crippen molar-refractivity contribution < 1.29 is 4.79 Å². The van der Waals surface area contributed by atoms with Gasteiger partial charge in [0.15, 0.2) is 0 Å². The number of rotatable bonds is 3. The fourth-order valence-corrected chi connectivity index (χ4v) is 3.92. The summed E-state index contributed by atoms with van der Waals surface area (Å²) in [6, 6.07) is 1.51. The monoisotopic (exact) mass is 299 g/mol. The SMILES string of the molecule is O=C(CC1CC2CCC1C2)Nc1cc(Cl)nc(Cl)n1. The van der Waals surface area contributed by atoms with Gasteiger partial charge in [0.2, 0.25) is 11.2 Å². The van der Waals surface area contributed by atoms with Crippen LogP contribution in [-0.2, 0) is 4.79 Å². The molecule has 102 valence electrons. The molecular weight excluding hydrogens is 285 g/mol. The summed E-state index contributed by atoms with van der Waals surface area (Å²) < 4.78 is 0. The van der Waals surface area contributed by atoms with Gasteiger partial charge in [-0.2, -0.15) is 0 Å². The Balaban J connectivity index is 1.59. The lowest BCUT2D eigenvalue weighted by Gasteiger charge is -2.20. The van der Waals surface area contributed by atoms with Crippen molar-refractivity contribution in [3.63, 3.8) is 0 Å². The van der Waals surface area contributed by atoms with E-state index in [1.54, 1.807) is 0 Å². The van der Waals surface area contributed by atoms with Crippen molar-refractivity contribution in [2.24, 2.45) is 17.8 Å². The summed E-state index contributed by atoms with van der Waals surface area (Å²) in [4.78, 5) is 19.7. The van der Waals surface area contributed by atoms with Crippen LogP contribution in [0.1, 0.15) is 32.1 Å². The molecule has 1 N–H and O–H groups in total. The molecule has 0 aromatic carbocycles. The second-order valence-electron chi connectivity index (χ2n) is 5.53. The predicted molar refractivity (Wildman–Crippen MR) is 74.2 cm³/mol. The lowest BCUT2D eigenvalue weighted by Crippen LogP contribution is -2.20. The summed E-state index contributed by atoms with van der Waals surface area (Å²) in [5.74, 6) is 2.49. The molecule has 1 amide bonds. The summed E-state index contributed by atoms with van der Waals surface area (Å²) >= 11 is 11.5. The molecule has 0 radical (unpaired) electrons. The third-order valence-corrected chi connectivity index (χ3v) is 4.63. The molecule has 0 saturated heterocycles. The summed E-state index contributed by atoms with van der Waals surface area (Å²) in [6.07, 6.45) is 5.71. The average molecular weight is 300 g/mol. The fourth-order valence-electron chi connectivity index (χ4n) is 3.51. The van der Waals surface area contributed by atoms with E-state index in [2.05, 4.69) is 15.3 Å². The van der Waals surface area contributed by atoms with Crippen LogP contribution >= 0.6 is 23.2 Å². The van der Waals surface area contributed by atoms with Gasteiger partial charge in [-0.05, 0) is 48.6 Å². The molecule has 19 heavy (non-hydrogen) atoms. The molecule has 1 aromatic rings. The molecule has 2 fully saturated rings. The number of hydrogen-bond acceptors (Lipinski definition) is 3. The molecule has 2 aliphatic carbocycles. The second kappa shape index (κ2) is 5.25. The third-order valence-electron chi connectivity index (χ3n) is 4.27. The first-order valence-electron chi connectivity index (χ1n) is 6.60. The van der Waals surface area contributed by atoms with E-state index >= 15 is 0 Å². The van der Waals surface area contributed by atoms with Gasteiger partial charge < -0.3 is 5.32 Å². The number of carbonyl (C=O) groups excluding carboxylic acids is 1. The molecule has 1 aromatic heterocycles. The number of fused-ring (bicyclic) bond motifs is 2. The standard InChI is InChI=1S/C13H15Cl2N3O/c14-10-6-11(18-13(15)16-10)17-12(19)5-9-4-7-1-2-8(9)3-7/h6-9H,1-5H2,(H,16,17,18,19). The number of nitrogens with one attached hydrogen (secondary N) is 1. The van der Waals surface area contributed by atoms with Crippen molar-refractivity contribution in [1.29, 1.82) is 0 Å². The van der Waals surface area contributed by atoms with Crippen LogP contribution in [-0.4, -0.2) is 15.9 Å². The van der Waals surface area contributed by atoms with Crippen LogP contribution in [0.3, 0.4) is 0 Å². The Bertz CT molecular complexity index is 488. The smallest absolute Gasteiger partial charge is 0.225 e. The molecule has 3 atom stereocenters. The van der Waals surface area contributed by atoms with Gasteiger partial charge in [-0.25, -0.2) is 9.97 Å². The van der Waals surface area contributed by atoms with Crippen molar-refractivity contribution in [1.82, 2.24) is 9.97 Å². The molecule has 3 rings (SSSR count). The van der Waals surface area contributed by atoms with Crippen LogP contribution in [0, 0.1) is 17.8 Å². The van der Waals surface area contributed by atoms with Crippen molar-refractivity contribution >= 4 is 34.9 Å². The maximum Gasteiger partial charge on any atom is 0.225 e. The highest BCUT2D eigenvalue weighted by Gasteiger charge is 2.40. The zero-order valence-electron chi connectivity index (χ0n) is 10.4. The van der Waals surface area contributed by atoms with Crippen molar-refractivity contribution in [3.8, 4) is 0 Å². The van der Waals surface area contributed by atoms with E-state index in [4.69, 9.17) is 23.2 Å². The number of halogens is 2. The lowest BCUT2D eigenvalue weighted by atomic mass is 9.86. The molecule has 0 spiro atoms. The Hall–Kier alpha value is -0.870. The van der Waals surface area contributed by atoms with Crippen LogP contribution in [0.5, 0.6) is 0 Å². The highest BCUT2D eigenvalue weighted by molar-refractivity contribution is 6.32. The number of nitrogens with zero attached hydrogens (tertiary/aromatic N) is 2. The maximum atomic E-state index is 12.0. The number of anilines is 1. The van der Waals surface area contributed by atoms with E-state index in [-0.39, 0.29) is 16.3 Å². The molecular formula is C13H15Cl2N3O. The molecule has 0 aliphatic heterocycles. The van der Waals surface area contributed by atoms with Crippen molar-refractivity contribution in [2.75, 3.05) is 5.32 Å². The highest BCUT2D eigenvalue weighted by Crippen LogP contribution is 2.49. The van der Waals surface area contributed by atoms with Crippen LogP contribution in [0.15, 0.2) is 6.07 Å². The molecule has 2 aliphatic rings. The average Bonchev–Trinajstić information content (AvgIpc) is 2.88. The summed E-state index contributed by atoms with van der Waals surface area (Å²) in [5.41, 5.74) is 0. The van der Waals surface area contributed by atoms with Crippen LogP contribution < -0.4 is 5.32 Å². The fraction of sp³-hybridized carbons (Fsp3) is 0.615. The second-order valence-corrected chi connectivity index (χ2v) is 6.26. The van der Waals surface area contributed by atoms with E-state index in [0.29, 0.717) is 18.2 Å². The van der Waals surface area contributed by atoms with Crippen molar-refractivity contribution in [3.05, 3.63) is 16.5 Å². The minimum atomic E-state index is -0.0108. The van der Waals surface area contributed by atoms with Crippen LogP contribution in [0.25, 0.3) is 0 Å². The van der Waals surface area contributed by atoms with E-state index in [1.807, 2.05) is 0 Å². The lowest BCUT2D eigenvalue weighted by molar-refractivity contribution is -0.117. The number of amides is 1. The topological polar surface area (TPSA) is 54.9 Å². The van der Waals surface area contributed by atoms with Crippen molar-refractivity contribution in [2.45, 2.75) is 32.1 Å². The van der Waals surface area contributed by atoms with Gasteiger partial charge >= 0.3 is 0 Å². The minimum Gasteiger partial charge on any atom is -0.311 e. The summed E-state index contributed by atoms with van der Waals surface area (Å²) in [5, 5.41) is 3.03. The molecule has 3 unspecified atom stereocenters. The Labute approximate surface area is 121 Å². The first-order valence-corrected chi connectivity index (χ1v) is 7.35.